The van der Waals surface area contributed by atoms with Crippen LogP contribution < -0.4 is 10.4 Å². The summed E-state index contributed by atoms with van der Waals surface area (Å²) in [5, 5.41) is 3.07. The molecule has 0 bridgehead atoms. The minimum absolute atomic E-state index is 0.241. The van der Waals surface area contributed by atoms with E-state index in [4.69, 9.17) is 23.2 Å². The van der Waals surface area contributed by atoms with Gasteiger partial charge in [-0.25, -0.2) is 5.43 Å². The van der Waals surface area contributed by atoms with Crippen LogP contribution in [-0.2, 0) is 4.79 Å². The van der Waals surface area contributed by atoms with Gasteiger partial charge < -0.3 is 9.80 Å². The molecule has 2 aliphatic heterocycles. The SMILES string of the molecule is CC1=CN(c2ccc(Cl)c(Cl)c2)NC1CCCC(=O)N1CCN(C)CC1. The molecule has 3 rings (SSSR count). The lowest BCUT2D eigenvalue weighted by molar-refractivity contribution is -0.132. The number of carbonyl (C=O) groups is 1. The summed E-state index contributed by atoms with van der Waals surface area (Å²) in [6.07, 6.45) is 4.50. The third-order valence-corrected chi connectivity index (χ3v) is 5.84. The molecule has 1 unspecified atom stereocenters. The molecule has 1 amide bonds. The van der Waals surface area contributed by atoms with Crippen molar-refractivity contribution in [3.8, 4) is 0 Å². The lowest BCUT2D eigenvalue weighted by Crippen LogP contribution is -2.47. The zero-order chi connectivity index (χ0) is 18.7. The molecule has 7 heteroatoms. The summed E-state index contributed by atoms with van der Waals surface area (Å²) in [5.41, 5.74) is 5.68. The van der Waals surface area contributed by atoms with E-state index >= 15 is 0 Å². The Morgan fingerprint density at radius 2 is 1.92 bits per heavy atom. The summed E-state index contributed by atoms with van der Waals surface area (Å²) in [5.74, 6) is 0.277. The molecule has 1 fully saturated rings. The average molecular weight is 397 g/mol. The second kappa shape index (κ2) is 8.61. The number of amides is 1. The standard InChI is InChI=1S/C19H26Cl2N4O/c1-14-13-25(15-6-7-16(20)17(21)12-15)22-18(14)4-3-5-19(26)24-10-8-23(2)9-11-24/h6-7,12-13,18,22H,3-5,8-11H2,1-2H3. The van der Waals surface area contributed by atoms with Gasteiger partial charge in [-0.2, -0.15) is 0 Å². The summed E-state index contributed by atoms with van der Waals surface area (Å²) >= 11 is 12.1. The number of halogens is 2. The van der Waals surface area contributed by atoms with Gasteiger partial charge in [-0.05, 0) is 50.6 Å². The number of anilines is 1. The maximum atomic E-state index is 12.4. The van der Waals surface area contributed by atoms with E-state index in [0.717, 1.165) is 44.7 Å². The van der Waals surface area contributed by atoms with Gasteiger partial charge >= 0.3 is 0 Å². The largest absolute Gasteiger partial charge is 0.340 e. The van der Waals surface area contributed by atoms with Gasteiger partial charge in [-0.1, -0.05) is 23.2 Å². The molecular weight excluding hydrogens is 371 g/mol. The first-order valence-corrected chi connectivity index (χ1v) is 9.85. The van der Waals surface area contributed by atoms with Crippen molar-refractivity contribution >= 4 is 34.8 Å². The van der Waals surface area contributed by atoms with Gasteiger partial charge in [-0.3, -0.25) is 9.80 Å². The highest BCUT2D eigenvalue weighted by atomic mass is 35.5. The molecule has 1 saturated heterocycles. The fourth-order valence-corrected chi connectivity index (χ4v) is 3.64. The van der Waals surface area contributed by atoms with Gasteiger partial charge in [0.2, 0.25) is 5.91 Å². The Morgan fingerprint density at radius 3 is 2.62 bits per heavy atom. The lowest BCUT2D eigenvalue weighted by Gasteiger charge is -2.32. The maximum absolute atomic E-state index is 12.4. The topological polar surface area (TPSA) is 38.8 Å². The van der Waals surface area contributed by atoms with Crippen LogP contribution in [0.5, 0.6) is 0 Å². The Morgan fingerprint density at radius 1 is 1.19 bits per heavy atom. The Bertz CT molecular complexity index is 686. The van der Waals surface area contributed by atoms with E-state index in [9.17, 15) is 4.79 Å². The van der Waals surface area contributed by atoms with E-state index in [1.807, 2.05) is 22.0 Å². The van der Waals surface area contributed by atoms with Crippen LogP contribution in [0.2, 0.25) is 10.0 Å². The number of hydrazine groups is 1. The summed E-state index contributed by atoms with van der Waals surface area (Å²) in [6, 6.07) is 5.82. The van der Waals surface area contributed by atoms with Crippen molar-refractivity contribution in [2.45, 2.75) is 32.2 Å². The Hall–Kier alpha value is -1.27. The average Bonchev–Trinajstić information content (AvgIpc) is 2.99. The van der Waals surface area contributed by atoms with Gasteiger partial charge in [0.25, 0.3) is 0 Å². The number of hydrogen-bond acceptors (Lipinski definition) is 4. The van der Waals surface area contributed by atoms with Crippen molar-refractivity contribution in [1.29, 1.82) is 0 Å². The number of benzene rings is 1. The smallest absolute Gasteiger partial charge is 0.222 e. The second-order valence-corrected chi connectivity index (χ2v) is 7.91. The van der Waals surface area contributed by atoms with Crippen LogP contribution in [0.4, 0.5) is 5.69 Å². The molecule has 1 aromatic rings. The van der Waals surface area contributed by atoms with Gasteiger partial charge in [0.05, 0.1) is 15.7 Å². The molecule has 0 radical (unpaired) electrons. The fraction of sp³-hybridized carbons (Fsp3) is 0.526. The van der Waals surface area contributed by atoms with Crippen LogP contribution in [0.3, 0.4) is 0 Å². The number of piperazine rings is 1. The molecule has 1 N–H and O–H groups in total. The summed E-state index contributed by atoms with van der Waals surface area (Å²) in [4.78, 5) is 16.6. The Labute approximate surface area is 165 Å². The first-order valence-electron chi connectivity index (χ1n) is 9.09. The molecule has 2 heterocycles. The van der Waals surface area contributed by atoms with E-state index in [-0.39, 0.29) is 11.9 Å². The first-order chi connectivity index (χ1) is 12.4. The zero-order valence-corrected chi connectivity index (χ0v) is 16.9. The normalized spacial score (nSPS) is 21.2. The summed E-state index contributed by atoms with van der Waals surface area (Å²) < 4.78 is 0. The van der Waals surface area contributed by atoms with E-state index in [1.165, 1.54) is 5.57 Å². The zero-order valence-electron chi connectivity index (χ0n) is 15.3. The van der Waals surface area contributed by atoms with Gasteiger partial charge in [0.1, 0.15) is 0 Å². The number of hydrogen-bond donors (Lipinski definition) is 1. The number of likely N-dealkylation sites (N-methyl/N-ethyl adjacent to an activating group) is 1. The molecule has 0 aliphatic carbocycles. The van der Waals surface area contributed by atoms with Crippen LogP contribution in [0.25, 0.3) is 0 Å². The van der Waals surface area contributed by atoms with Gasteiger partial charge in [-0.15, -0.1) is 0 Å². The van der Waals surface area contributed by atoms with Crippen molar-refractivity contribution in [3.63, 3.8) is 0 Å². The van der Waals surface area contributed by atoms with Crippen LogP contribution >= 0.6 is 23.2 Å². The molecule has 5 nitrogen and oxygen atoms in total. The van der Waals surface area contributed by atoms with Crippen LogP contribution in [0.15, 0.2) is 30.0 Å². The van der Waals surface area contributed by atoms with Crippen molar-refractivity contribution in [2.24, 2.45) is 0 Å². The van der Waals surface area contributed by atoms with E-state index < -0.39 is 0 Å². The van der Waals surface area contributed by atoms with Crippen molar-refractivity contribution in [2.75, 3.05) is 38.2 Å². The highest BCUT2D eigenvalue weighted by molar-refractivity contribution is 6.42. The number of rotatable bonds is 5. The monoisotopic (exact) mass is 396 g/mol. The predicted octanol–water partition coefficient (Wildman–Crippen LogP) is 3.53. The van der Waals surface area contributed by atoms with Gasteiger partial charge in [0, 0.05) is 44.8 Å². The summed E-state index contributed by atoms with van der Waals surface area (Å²) in [7, 11) is 2.10. The van der Waals surface area contributed by atoms with Crippen molar-refractivity contribution in [1.82, 2.24) is 15.2 Å². The fourth-order valence-electron chi connectivity index (χ4n) is 3.35. The molecule has 142 valence electrons. The number of carbonyl (C=O) groups excluding carboxylic acids is 1. The van der Waals surface area contributed by atoms with Crippen molar-refractivity contribution in [3.05, 3.63) is 40.0 Å². The van der Waals surface area contributed by atoms with E-state index in [1.54, 1.807) is 6.07 Å². The number of nitrogens with zero attached hydrogens (tertiary/aromatic N) is 3. The number of nitrogens with one attached hydrogen (secondary N) is 1. The molecule has 0 spiro atoms. The van der Waals surface area contributed by atoms with Gasteiger partial charge in [0.15, 0.2) is 0 Å². The first kappa shape index (κ1) is 19.5. The van der Waals surface area contributed by atoms with E-state index in [2.05, 4.69) is 30.5 Å². The minimum Gasteiger partial charge on any atom is -0.340 e. The Kier molecular flexibility index (Phi) is 6.46. The van der Waals surface area contributed by atoms with Crippen LogP contribution in [0.1, 0.15) is 26.2 Å². The maximum Gasteiger partial charge on any atom is 0.222 e. The molecular formula is C19H26Cl2N4O. The van der Waals surface area contributed by atoms with E-state index in [0.29, 0.717) is 16.5 Å². The Balaban J connectivity index is 1.47. The van der Waals surface area contributed by atoms with Crippen molar-refractivity contribution < 1.29 is 4.79 Å². The quantitative estimate of drug-likeness (QED) is 0.825. The molecule has 26 heavy (non-hydrogen) atoms. The molecule has 2 aliphatic rings. The highest BCUT2D eigenvalue weighted by Crippen LogP contribution is 2.29. The third kappa shape index (κ3) is 4.71. The molecule has 1 atom stereocenters. The minimum atomic E-state index is 0.241. The lowest BCUT2D eigenvalue weighted by atomic mass is 10.0. The highest BCUT2D eigenvalue weighted by Gasteiger charge is 2.23. The molecule has 0 saturated carbocycles. The van der Waals surface area contributed by atoms with Crippen LogP contribution in [-0.4, -0.2) is 55.0 Å². The predicted molar refractivity (Wildman–Crippen MR) is 108 cm³/mol. The molecule has 1 aromatic carbocycles. The third-order valence-electron chi connectivity index (χ3n) is 5.10. The summed E-state index contributed by atoms with van der Waals surface area (Å²) in [6.45, 7) is 5.74. The molecule has 0 aromatic heterocycles. The second-order valence-electron chi connectivity index (χ2n) is 7.10. The van der Waals surface area contributed by atoms with Crippen LogP contribution in [0, 0.1) is 0 Å².